The zero-order valence-electron chi connectivity index (χ0n) is 39.0. The maximum atomic E-state index is 13.2. The van der Waals surface area contributed by atoms with Crippen LogP contribution in [0.25, 0.3) is 43.8 Å². The Bertz CT molecular complexity index is 3500. The van der Waals surface area contributed by atoms with E-state index >= 15 is 0 Å². The number of hydrogen-bond donors (Lipinski definition) is 2. The van der Waals surface area contributed by atoms with Crippen LogP contribution in [0.3, 0.4) is 0 Å². The molecule has 10 aromatic carbocycles. The second kappa shape index (κ2) is 23.1. The van der Waals surface area contributed by atoms with Crippen LogP contribution in [0.4, 0.5) is 37.7 Å². The van der Waals surface area contributed by atoms with E-state index in [1.165, 1.54) is 88.8 Å². The molecule has 2 N–H and O–H groups in total. The molecule has 382 valence electrons. The molecule has 0 unspecified atom stereocenters. The van der Waals surface area contributed by atoms with Gasteiger partial charge in [0.25, 0.3) is 0 Å². The number of nitrogens with one attached hydrogen (secondary N) is 2. The third kappa shape index (κ3) is 11.9. The first-order valence-electron chi connectivity index (χ1n) is 22.7. The molecular formula is C58H42F6N2O4P2PtS2. The quantitative estimate of drug-likeness (QED) is 0.0942. The molecule has 0 aliphatic heterocycles. The van der Waals surface area contributed by atoms with Crippen LogP contribution in [0.5, 0.6) is 0 Å². The van der Waals surface area contributed by atoms with E-state index in [0.717, 1.165) is 12.1 Å². The van der Waals surface area contributed by atoms with Crippen LogP contribution in [0.15, 0.2) is 243 Å². The number of fused-ring (bicyclic) bond motifs is 2. The van der Waals surface area contributed by atoms with E-state index < -0.39 is 58.3 Å². The first-order chi connectivity index (χ1) is 35.5. The van der Waals surface area contributed by atoms with Gasteiger partial charge in [-0.15, -0.1) is 0 Å². The molecule has 75 heavy (non-hydrogen) atoms. The van der Waals surface area contributed by atoms with Crippen molar-refractivity contribution < 1.29 is 64.2 Å². The Labute approximate surface area is 447 Å². The van der Waals surface area contributed by atoms with E-state index in [0.29, 0.717) is 10.8 Å². The minimum absolute atomic E-state index is 0. The smallest absolute Gasteiger partial charge is 0.275 e. The average molecular weight is 1270 g/mol. The largest absolute Gasteiger partial charge is 0.516 e. The van der Waals surface area contributed by atoms with Crippen molar-refractivity contribution in [3.05, 3.63) is 243 Å². The second-order valence-electron chi connectivity index (χ2n) is 16.6. The summed E-state index contributed by atoms with van der Waals surface area (Å²) in [6.07, 6.45) is 0. The molecule has 17 heteroatoms. The van der Waals surface area contributed by atoms with Gasteiger partial charge in [0.15, 0.2) is 0 Å². The van der Waals surface area contributed by atoms with Gasteiger partial charge < -0.3 is 0 Å². The summed E-state index contributed by atoms with van der Waals surface area (Å²) in [5.74, 6) is 0. The van der Waals surface area contributed by atoms with E-state index in [9.17, 15) is 43.2 Å². The fourth-order valence-electron chi connectivity index (χ4n) is 8.61. The predicted molar refractivity (Wildman–Crippen MR) is 293 cm³/mol. The molecular weight excluding hydrogens is 1220 g/mol. The van der Waals surface area contributed by atoms with E-state index in [2.05, 4.69) is 170 Å². The predicted octanol–water partition coefficient (Wildman–Crippen LogP) is 13.1. The monoisotopic (exact) mass is 1270 g/mol. The number of sulfonamides is 2. The summed E-state index contributed by atoms with van der Waals surface area (Å²) in [5, 5.41) is 9.37. The molecule has 0 heterocycles. The molecule has 0 radical (unpaired) electrons. The standard InChI is InChI=1S/C36H28P2.C22H14F6N2O4S2.Pt/c1-5-17-29(18-6-1)37(30-19-7-2-8-20-30)35-27-15-13-25-33(35)34-26-14-16-28-36(34)38(31-21-9-3-10-22-31)32-23-11-4-12-24-32;23-21(24,25)35(31,32)29-17-11-9-13-5-1-3-7-15(13)19(17)20-16-8-4-2-6-14(16)10-12-18(20)30-36(33,34)22(26,27)28;/h1-28H;1-12,29-30H;. The summed E-state index contributed by atoms with van der Waals surface area (Å²) in [6, 6.07) is 78.8. The Hall–Kier alpha value is -6.65. The van der Waals surface area contributed by atoms with Gasteiger partial charge in [-0.1, -0.05) is 231 Å². The summed E-state index contributed by atoms with van der Waals surface area (Å²) in [5.41, 5.74) is -10.5. The molecule has 0 aliphatic carbocycles. The number of anilines is 2. The maximum absolute atomic E-state index is 13.2. The summed E-state index contributed by atoms with van der Waals surface area (Å²) in [6.45, 7) is 0. The van der Waals surface area contributed by atoms with Gasteiger partial charge in [0.1, 0.15) is 0 Å². The van der Waals surface area contributed by atoms with Crippen molar-refractivity contribution in [2.24, 2.45) is 0 Å². The fraction of sp³-hybridized carbons (Fsp3) is 0.0345. The van der Waals surface area contributed by atoms with Gasteiger partial charge in [-0.2, -0.15) is 43.2 Å². The Balaban J connectivity index is 0.000000197. The zero-order chi connectivity index (χ0) is 52.1. The van der Waals surface area contributed by atoms with Crippen LogP contribution in [0.1, 0.15) is 0 Å². The van der Waals surface area contributed by atoms with Crippen molar-refractivity contribution in [2.75, 3.05) is 9.44 Å². The topological polar surface area (TPSA) is 92.3 Å². The number of halogens is 6. The van der Waals surface area contributed by atoms with Crippen molar-refractivity contribution >= 4 is 101 Å². The number of rotatable bonds is 12. The molecule has 0 bridgehead atoms. The van der Waals surface area contributed by atoms with Crippen molar-refractivity contribution in [1.29, 1.82) is 0 Å². The summed E-state index contributed by atoms with van der Waals surface area (Å²) < 4.78 is 130. The van der Waals surface area contributed by atoms with Crippen LogP contribution < -0.4 is 41.3 Å². The summed E-state index contributed by atoms with van der Waals surface area (Å²) in [7, 11) is -13.3. The van der Waals surface area contributed by atoms with Crippen LogP contribution >= 0.6 is 15.8 Å². The van der Waals surface area contributed by atoms with Crippen LogP contribution in [-0.2, 0) is 41.1 Å². The summed E-state index contributed by atoms with van der Waals surface area (Å²) >= 11 is 0. The number of benzene rings is 10. The van der Waals surface area contributed by atoms with E-state index in [1.54, 1.807) is 24.3 Å². The zero-order valence-corrected chi connectivity index (χ0v) is 44.7. The SMILES string of the molecule is O=S(=O)(Nc1ccc2ccccc2c1-c1c(NS(=O)(=O)C(F)(F)F)ccc2ccccc12)C(F)(F)F.[Pt].c1ccc(P(c2ccccc2)c2ccccc2-c2ccccc2P(c2ccccc2)c2ccccc2)cc1. The normalized spacial score (nSPS) is 11.9. The minimum atomic E-state index is -5.94. The molecule has 6 nitrogen and oxygen atoms in total. The van der Waals surface area contributed by atoms with Crippen molar-refractivity contribution in [1.82, 2.24) is 0 Å². The Morgan fingerprint density at radius 2 is 0.587 bits per heavy atom. The molecule has 0 saturated carbocycles. The molecule has 0 amide bonds. The number of hydrogen-bond acceptors (Lipinski definition) is 4. The van der Waals surface area contributed by atoms with Crippen molar-refractivity contribution in [3.8, 4) is 22.3 Å². The molecule has 10 aromatic rings. The van der Waals surface area contributed by atoms with Crippen LogP contribution in [0, 0.1) is 0 Å². The molecule has 0 aromatic heterocycles. The first kappa shape index (κ1) is 54.6. The first-order valence-corrected chi connectivity index (χ1v) is 28.4. The van der Waals surface area contributed by atoms with Crippen molar-refractivity contribution in [3.63, 3.8) is 0 Å². The van der Waals surface area contributed by atoms with Gasteiger partial charge >= 0.3 is 31.1 Å². The second-order valence-corrected chi connectivity index (χ2v) is 24.3. The van der Waals surface area contributed by atoms with Gasteiger partial charge in [0.2, 0.25) is 0 Å². The van der Waals surface area contributed by atoms with Gasteiger partial charge in [-0.05, 0) is 92.5 Å². The van der Waals surface area contributed by atoms with Crippen LogP contribution in [-0.4, -0.2) is 27.9 Å². The molecule has 0 atom stereocenters. The Kier molecular flexibility index (Phi) is 16.8. The van der Waals surface area contributed by atoms with Gasteiger partial charge in [-0.3, -0.25) is 9.44 Å². The molecule has 0 aliphatic rings. The third-order valence-corrected chi connectivity index (χ3v) is 19.0. The van der Waals surface area contributed by atoms with Crippen molar-refractivity contribution in [2.45, 2.75) is 11.0 Å². The third-order valence-electron chi connectivity index (χ3n) is 11.8. The van der Waals surface area contributed by atoms with E-state index in [4.69, 9.17) is 0 Å². The van der Waals surface area contributed by atoms with Gasteiger partial charge in [0.05, 0.1) is 11.4 Å². The Morgan fingerprint density at radius 1 is 0.320 bits per heavy atom. The van der Waals surface area contributed by atoms with E-state index in [1.807, 2.05) is 0 Å². The molecule has 0 spiro atoms. The number of alkyl halides is 6. The maximum Gasteiger partial charge on any atom is 0.516 e. The minimum Gasteiger partial charge on any atom is -0.275 e. The van der Waals surface area contributed by atoms with Gasteiger partial charge in [0, 0.05) is 32.2 Å². The average Bonchev–Trinajstić information content (AvgIpc) is 3.40. The molecule has 10 rings (SSSR count). The van der Waals surface area contributed by atoms with E-state index in [-0.39, 0.29) is 43.0 Å². The van der Waals surface area contributed by atoms with Gasteiger partial charge in [-0.25, -0.2) is 0 Å². The molecule has 0 fully saturated rings. The fourth-order valence-corrected chi connectivity index (χ4v) is 14.7. The Morgan fingerprint density at radius 3 is 0.893 bits per heavy atom. The van der Waals surface area contributed by atoms with Crippen LogP contribution in [0.2, 0.25) is 0 Å². The summed E-state index contributed by atoms with van der Waals surface area (Å²) in [4.78, 5) is 0. The molecule has 0 saturated heterocycles.